The van der Waals surface area contributed by atoms with E-state index in [1.54, 1.807) is 4.90 Å². The SMILES string of the molecule is NC(=O)C(C1=NCC[C@@H](C2CCN(C(=O)CCN3CC4(CCN(c5ccc(N6CCC(=O)NC6=O)cc5)CC4)C3)CC2)N1)=C(N)c1ccc(Oc2ccccc2)cc1. The molecule has 8 rings (SSSR count). The van der Waals surface area contributed by atoms with Gasteiger partial charge >= 0.3 is 6.03 Å². The van der Waals surface area contributed by atoms with E-state index in [-0.39, 0.29) is 35.2 Å². The van der Waals surface area contributed by atoms with Gasteiger partial charge in [0.25, 0.3) is 5.91 Å². The standard InChI is InChI=1S/C44H53N9O5/c45-40(31-6-12-35(13-7-31)58-34-4-2-1-3-5-34)39(41(46)56)42-47-21-14-36(48-42)30-15-23-52(24-16-30)38(55)18-22-50-28-44(29-50)19-26-51(27-20-44)32-8-10-33(11-9-32)53-25-17-37(54)49-43(53)57/h1-13,30,36H,14-29,45H2,(H2,46,56)(H,47,48)(H,49,54,57)/t36-/m0/s1. The van der Waals surface area contributed by atoms with E-state index in [1.165, 1.54) is 0 Å². The molecule has 58 heavy (non-hydrogen) atoms. The number of nitrogens with zero attached hydrogens (tertiary/aromatic N) is 5. The molecular formula is C44H53N9O5. The number of primary amides is 1. The fourth-order valence-corrected chi connectivity index (χ4v) is 9.20. The summed E-state index contributed by atoms with van der Waals surface area (Å²) in [7, 11) is 0. The summed E-state index contributed by atoms with van der Waals surface area (Å²) in [4.78, 5) is 62.9. The maximum atomic E-state index is 13.3. The number of amidine groups is 1. The average Bonchev–Trinajstić information content (AvgIpc) is 3.23. The van der Waals surface area contributed by atoms with Crippen LogP contribution in [-0.4, -0.2) is 104 Å². The minimum atomic E-state index is -0.637. The summed E-state index contributed by atoms with van der Waals surface area (Å²) in [5, 5.41) is 5.89. The third kappa shape index (κ3) is 8.66. The first-order valence-electron chi connectivity index (χ1n) is 20.5. The van der Waals surface area contributed by atoms with Gasteiger partial charge in [-0.25, -0.2) is 4.79 Å². The Hall–Kier alpha value is -5.89. The number of para-hydroxylation sites is 1. The summed E-state index contributed by atoms with van der Waals surface area (Å²) in [6, 6.07) is 24.5. The van der Waals surface area contributed by atoms with Crippen LogP contribution in [0.2, 0.25) is 0 Å². The lowest BCUT2D eigenvalue weighted by atomic mass is 9.72. The van der Waals surface area contributed by atoms with E-state index in [9.17, 15) is 19.2 Å². The Morgan fingerprint density at radius 3 is 2.16 bits per heavy atom. The molecule has 3 aromatic rings. The number of hydrogen-bond donors (Lipinski definition) is 4. The summed E-state index contributed by atoms with van der Waals surface area (Å²) in [6.45, 7) is 7.23. The lowest BCUT2D eigenvalue weighted by Crippen LogP contribution is -2.60. The molecule has 0 radical (unpaired) electrons. The van der Waals surface area contributed by atoms with Gasteiger partial charge in [0.1, 0.15) is 22.9 Å². The van der Waals surface area contributed by atoms with Crippen molar-refractivity contribution in [3.63, 3.8) is 0 Å². The molecular weight excluding hydrogens is 735 g/mol. The van der Waals surface area contributed by atoms with Gasteiger partial charge in [-0.2, -0.15) is 0 Å². The molecule has 14 heteroatoms. The Balaban J connectivity index is 0.761. The number of rotatable bonds is 11. The van der Waals surface area contributed by atoms with Gasteiger partial charge in [0.2, 0.25) is 11.8 Å². The number of likely N-dealkylation sites (tertiary alicyclic amines) is 2. The van der Waals surface area contributed by atoms with Crippen LogP contribution in [0.15, 0.2) is 89.4 Å². The minimum absolute atomic E-state index is 0.104. The lowest BCUT2D eigenvalue weighted by molar-refractivity contribution is -0.134. The molecule has 0 saturated carbocycles. The highest BCUT2D eigenvalue weighted by atomic mass is 16.5. The van der Waals surface area contributed by atoms with Crippen LogP contribution in [0.1, 0.15) is 50.5 Å². The second-order valence-electron chi connectivity index (χ2n) is 16.3. The Bertz CT molecular complexity index is 2050. The number of aliphatic imine (C=N–C) groups is 1. The summed E-state index contributed by atoms with van der Waals surface area (Å²) in [5.41, 5.74) is 15.8. The van der Waals surface area contributed by atoms with Crippen molar-refractivity contribution in [2.45, 2.75) is 51.0 Å². The van der Waals surface area contributed by atoms with E-state index < -0.39 is 5.91 Å². The fourth-order valence-electron chi connectivity index (χ4n) is 9.20. The van der Waals surface area contributed by atoms with Crippen LogP contribution >= 0.6 is 0 Å². The van der Waals surface area contributed by atoms with Crippen LogP contribution in [-0.2, 0) is 14.4 Å². The molecule has 14 nitrogen and oxygen atoms in total. The van der Waals surface area contributed by atoms with Crippen molar-refractivity contribution in [1.29, 1.82) is 0 Å². The highest BCUT2D eigenvalue weighted by Crippen LogP contribution is 2.41. The van der Waals surface area contributed by atoms with Gasteiger partial charge in [0.05, 0.1) is 5.70 Å². The number of benzene rings is 3. The number of urea groups is 1. The Kier molecular flexibility index (Phi) is 11.4. The number of anilines is 2. The van der Waals surface area contributed by atoms with E-state index in [2.05, 4.69) is 37.6 Å². The van der Waals surface area contributed by atoms with Crippen molar-refractivity contribution in [2.75, 3.05) is 68.7 Å². The zero-order chi connectivity index (χ0) is 40.2. The zero-order valence-corrected chi connectivity index (χ0v) is 32.9. The van der Waals surface area contributed by atoms with Gasteiger partial charge < -0.3 is 36.2 Å². The van der Waals surface area contributed by atoms with Gasteiger partial charge in [-0.3, -0.25) is 29.6 Å². The lowest BCUT2D eigenvalue weighted by Gasteiger charge is -2.54. The molecule has 5 amide bonds. The van der Waals surface area contributed by atoms with Gasteiger partial charge in [0, 0.05) is 89.2 Å². The maximum Gasteiger partial charge on any atom is 0.328 e. The number of imide groups is 1. The van der Waals surface area contributed by atoms with Crippen molar-refractivity contribution in [3.8, 4) is 11.5 Å². The van der Waals surface area contributed by atoms with Crippen LogP contribution in [0, 0.1) is 11.3 Å². The van der Waals surface area contributed by atoms with Crippen LogP contribution in [0.5, 0.6) is 11.5 Å². The highest BCUT2D eigenvalue weighted by Gasteiger charge is 2.45. The third-order valence-corrected chi connectivity index (χ3v) is 12.6. The number of carbonyl (C=O) groups excluding carboxylic acids is 4. The van der Waals surface area contributed by atoms with E-state index >= 15 is 0 Å². The number of hydrogen-bond acceptors (Lipinski definition) is 10. The molecule has 0 aliphatic carbocycles. The molecule has 5 heterocycles. The van der Waals surface area contributed by atoms with Crippen molar-refractivity contribution in [2.24, 2.45) is 27.8 Å². The topological polar surface area (TPSA) is 179 Å². The minimum Gasteiger partial charge on any atom is -0.457 e. The predicted molar refractivity (Wildman–Crippen MR) is 223 cm³/mol. The van der Waals surface area contributed by atoms with Crippen LogP contribution in [0.25, 0.3) is 5.70 Å². The predicted octanol–water partition coefficient (Wildman–Crippen LogP) is 4.07. The summed E-state index contributed by atoms with van der Waals surface area (Å²) in [5.74, 6) is 1.49. The molecule has 6 N–H and O–H groups in total. The van der Waals surface area contributed by atoms with Crippen molar-refractivity contribution >= 4 is 46.7 Å². The number of nitrogens with two attached hydrogens (primary N) is 2. The third-order valence-electron chi connectivity index (χ3n) is 12.6. The molecule has 1 atom stereocenters. The van der Waals surface area contributed by atoms with Crippen molar-refractivity contribution < 1.29 is 23.9 Å². The average molecular weight is 788 g/mol. The summed E-state index contributed by atoms with van der Waals surface area (Å²) >= 11 is 0. The van der Waals surface area contributed by atoms with Gasteiger partial charge in [-0.05, 0) is 110 Å². The molecule has 0 bridgehead atoms. The molecule has 3 aromatic carbocycles. The maximum absolute atomic E-state index is 13.3. The first-order valence-corrected chi connectivity index (χ1v) is 20.5. The van der Waals surface area contributed by atoms with Crippen molar-refractivity contribution in [3.05, 3.63) is 90.0 Å². The number of piperidine rings is 2. The smallest absolute Gasteiger partial charge is 0.328 e. The number of carbonyl (C=O) groups is 4. The first kappa shape index (κ1) is 39.0. The number of ether oxygens (including phenoxy) is 1. The summed E-state index contributed by atoms with van der Waals surface area (Å²) in [6.07, 6.45) is 5.68. The quantitative estimate of drug-likeness (QED) is 0.209. The van der Waals surface area contributed by atoms with Gasteiger partial charge in [-0.1, -0.05) is 18.2 Å². The van der Waals surface area contributed by atoms with E-state index in [1.807, 2.05) is 71.6 Å². The van der Waals surface area contributed by atoms with Gasteiger partial charge in [-0.15, -0.1) is 0 Å². The molecule has 0 unspecified atom stereocenters. The first-order chi connectivity index (χ1) is 28.1. The van der Waals surface area contributed by atoms with Crippen molar-refractivity contribution in [1.82, 2.24) is 20.4 Å². The fraction of sp³-hybridized carbons (Fsp3) is 0.432. The van der Waals surface area contributed by atoms with Crippen LogP contribution in [0.3, 0.4) is 0 Å². The second-order valence-corrected chi connectivity index (χ2v) is 16.3. The molecule has 5 aliphatic rings. The molecule has 4 saturated heterocycles. The van der Waals surface area contributed by atoms with Gasteiger partial charge in [0.15, 0.2) is 0 Å². The molecule has 4 fully saturated rings. The second kappa shape index (κ2) is 16.9. The van der Waals surface area contributed by atoms with Crippen LogP contribution in [0.4, 0.5) is 16.2 Å². The highest BCUT2D eigenvalue weighted by molar-refractivity contribution is 6.25. The largest absolute Gasteiger partial charge is 0.457 e. The number of nitrogens with one attached hydrogen (secondary N) is 2. The number of amides is 5. The summed E-state index contributed by atoms with van der Waals surface area (Å²) < 4.78 is 5.90. The molecule has 0 aromatic heterocycles. The Labute approximate surface area is 339 Å². The van der Waals surface area contributed by atoms with E-state index in [0.717, 1.165) is 95.0 Å². The molecule has 304 valence electrons. The molecule has 1 spiro atoms. The normalized spacial score (nSPS) is 21.7. The monoisotopic (exact) mass is 787 g/mol. The zero-order valence-electron chi connectivity index (χ0n) is 32.9. The Morgan fingerprint density at radius 1 is 0.810 bits per heavy atom. The van der Waals surface area contributed by atoms with E-state index in [4.69, 9.17) is 16.2 Å². The molecule has 5 aliphatic heterocycles. The van der Waals surface area contributed by atoms with E-state index in [0.29, 0.717) is 54.4 Å². The van der Waals surface area contributed by atoms with Crippen LogP contribution < -0.4 is 36.6 Å². The Morgan fingerprint density at radius 2 is 1.48 bits per heavy atom.